The number of halogens is 1. The van der Waals surface area contributed by atoms with Crippen molar-refractivity contribution in [3.63, 3.8) is 0 Å². The Hall–Kier alpha value is -1.69. The van der Waals surface area contributed by atoms with E-state index in [4.69, 9.17) is 0 Å². The molecule has 4 nitrogen and oxygen atoms in total. The van der Waals surface area contributed by atoms with Gasteiger partial charge in [-0.15, -0.1) is 0 Å². The molecule has 1 aliphatic rings. The van der Waals surface area contributed by atoms with Crippen LogP contribution in [0.15, 0.2) is 29.3 Å². The first-order valence-electron chi connectivity index (χ1n) is 4.46. The number of carbonyl (C=O) groups excluding carboxylic acids is 2. The van der Waals surface area contributed by atoms with E-state index >= 15 is 0 Å². The van der Waals surface area contributed by atoms with Crippen molar-refractivity contribution in [2.75, 3.05) is 5.75 Å². The van der Waals surface area contributed by atoms with Gasteiger partial charge in [-0.25, -0.2) is 4.39 Å². The summed E-state index contributed by atoms with van der Waals surface area (Å²) in [5.41, 5.74) is 0.288. The molecule has 2 rings (SSSR count). The van der Waals surface area contributed by atoms with E-state index in [2.05, 4.69) is 10.3 Å². The van der Waals surface area contributed by atoms with Crippen molar-refractivity contribution >= 4 is 28.7 Å². The second kappa shape index (κ2) is 4.44. The van der Waals surface area contributed by atoms with Crippen LogP contribution in [0.4, 0.5) is 4.39 Å². The van der Waals surface area contributed by atoms with Gasteiger partial charge in [0.2, 0.25) is 5.91 Å². The summed E-state index contributed by atoms with van der Waals surface area (Å²) >= 11 is 1.17. The third kappa shape index (κ3) is 2.46. The van der Waals surface area contributed by atoms with Gasteiger partial charge in [0.15, 0.2) is 5.17 Å². The Kier molecular flexibility index (Phi) is 3.00. The zero-order valence-corrected chi connectivity index (χ0v) is 8.88. The summed E-state index contributed by atoms with van der Waals surface area (Å²) in [6.07, 6.45) is 0. The van der Waals surface area contributed by atoms with Crippen LogP contribution >= 0.6 is 11.8 Å². The minimum absolute atomic E-state index is 0.171. The van der Waals surface area contributed by atoms with E-state index in [-0.39, 0.29) is 17.2 Å². The molecule has 1 aromatic carbocycles. The van der Waals surface area contributed by atoms with Gasteiger partial charge in [-0.05, 0) is 24.3 Å². The standard InChI is InChI=1S/C10H7FN2O2S/c11-7-3-1-6(2-4-7)9(15)13-10-12-8(14)5-16-10/h1-4H,5H2,(H,12,13,14,15). The first kappa shape index (κ1) is 10.8. The van der Waals surface area contributed by atoms with Crippen LogP contribution in [0.25, 0.3) is 0 Å². The van der Waals surface area contributed by atoms with E-state index in [0.29, 0.717) is 5.17 Å². The molecule has 0 aromatic heterocycles. The van der Waals surface area contributed by atoms with Crippen molar-refractivity contribution in [3.05, 3.63) is 35.6 Å². The van der Waals surface area contributed by atoms with Crippen molar-refractivity contribution in [1.82, 2.24) is 5.32 Å². The van der Waals surface area contributed by atoms with Gasteiger partial charge < -0.3 is 5.32 Å². The molecule has 1 heterocycles. The highest BCUT2D eigenvalue weighted by molar-refractivity contribution is 8.15. The number of amides is 2. The summed E-state index contributed by atoms with van der Waals surface area (Å²) in [7, 11) is 0. The molecule has 1 fully saturated rings. The van der Waals surface area contributed by atoms with Gasteiger partial charge in [-0.1, -0.05) is 11.8 Å². The van der Waals surface area contributed by atoms with E-state index in [1.807, 2.05) is 0 Å². The summed E-state index contributed by atoms with van der Waals surface area (Å²) in [5.74, 6) is -0.802. The van der Waals surface area contributed by atoms with Crippen LogP contribution in [0.3, 0.4) is 0 Å². The van der Waals surface area contributed by atoms with Crippen molar-refractivity contribution in [1.29, 1.82) is 0 Å². The largest absolute Gasteiger partial charge is 0.304 e. The Morgan fingerprint density at radius 2 is 2.06 bits per heavy atom. The number of hydrogen-bond donors (Lipinski definition) is 1. The minimum atomic E-state index is -0.496. The zero-order chi connectivity index (χ0) is 11.5. The third-order valence-electron chi connectivity index (χ3n) is 1.88. The number of hydrogen-bond acceptors (Lipinski definition) is 3. The Morgan fingerprint density at radius 1 is 1.38 bits per heavy atom. The molecular weight excluding hydrogens is 231 g/mol. The molecular formula is C10H7FN2O2S. The highest BCUT2D eigenvalue weighted by Crippen LogP contribution is 2.11. The SMILES string of the molecule is O=C1CSC(=NC(=O)c2ccc(F)cc2)N1. The highest BCUT2D eigenvalue weighted by atomic mass is 32.2. The second-order valence-electron chi connectivity index (χ2n) is 3.07. The number of nitrogens with one attached hydrogen (secondary N) is 1. The molecule has 2 amide bonds. The third-order valence-corrected chi connectivity index (χ3v) is 2.75. The normalized spacial score (nSPS) is 17.6. The Morgan fingerprint density at radius 3 is 2.62 bits per heavy atom. The number of thioether (sulfide) groups is 1. The minimum Gasteiger partial charge on any atom is -0.304 e. The van der Waals surface area contributed by atoms with Crippen LogP contribution in [0.1, 0.15) is 10.4 Å². The maximum absolute atomic E-state index is 12.6. The van der Waals surface area contributed by atoms with Crippen LogP contribution in [-0.2, 0) is 4.79 Å². The Bertz CT molecular complexity index is 470. The van der Waals surface area contributed by atoms with E-state index in [1.54, 1.807) is 0 Å². The maximum atomic E-state index is 12.6. The van der Waals surface area contributed by atoms with Gasteiger partial charge in [0.05, 0.1) is 5.75 Å². The molecule has 0 saturated carbocycles. The summed E-state index contributed by atoms with van der Waals surface area (Å²) in [5, 5.41) is 2.74. The number of nitrogens with zero attached hydrogens (tertiary/aromatic N) is 1. The van der Waals surface area contributed by atoms with Gasteiger partial charge in [-0.3, -0.25) is 9.59 Å². The van der Waals surface area contributed by atoms with Crippen LogP contribution < -0.4 is 5.32 Å². The molecule has 1 aliphatic heterocycles. The molecule has 16 heavy (non-hydrogen) atoms. The molecule has 0 radical (unpaired) electrons. The molecule has 0 bridgehead atoms. The molecule has 1 aromatic rings. The zero-order valence-electron chi connectivity index (χ0n) is 8.07. The Labute approximate surface area is 94.9 Å². The second-order valence-corrected chi connectivity index (χ2v) is 4.03. The van der Waals surface area contributed by atoms with Gasteiger partial charge >= 0.3 is 0 Å². The van der Waals surface area contributed by atoms with Gasteiger partial charge in [0.1, 0.15) is 5.82 Å². The van der Waals surface area contributed by atoms with Gasteiger partial charge in [0.25, 0.3) is 5.91 Å². The average molecular weight is 238 g/mol. The first-order valence-corrected chi connectivity index (χ1v) is 5.45. The summed E-state index contributed by atoms with van der Waals surface area (Å²) in [4.78, 5) is 26.1. The van der Waals surface area contributed by atoms with Crippen LogP contribution in [0.5, 0.6) is 0 Å². The van der Waals surface area contributed by atoms with Crippen LogP contribution in [0.2, 0.25) is 0 Å². The van der Waals surface area contributed by atoms with E-state index in [0.717, 1.165) is 0 Å². The number of carbonyl (C=O) groups is 2. The van der Waals surface area contributed by atoms with Gasteiger partial charge in [0, 0.05) is 5.56 Å². The number of amidine groups is 1. The predicted octanol–water partition coefficient (Wildman–Crippen LogP) is 1.18. The van der Waals surface area contributed by atoms with Crippen molar-refractivity contribution in [2.45, 2.75) is 0 Å². The van der Waals surface area contributed by atoms with Crippen molar-refractivity contribution < 1.29 is 14.0 Å². The van der Waals surface area contributed by atoms with Crippen molar-refractivity contribution in [2.24, 2.45) is 4.99 Å². The first-order chi connectivity index (χ1) is 7.65. The van der Waals surface area contributed by atoms with E-state index in [1.165, 1.54) is 36.0 Å². The fourth-order valence-electron chi connectivity index (χ4n) is 1.13. The number of rotatable bonds is 1. The molecule has 0 unspecified atom stereocenters. The molecule has 1 saturated heterocycles. The lowest BCUT2D eigenvalue weighted by Crippen LogP contribution is -2.21. The number of aliphatic imine (C=N–C) groups is 1. The monoisotopic (exact) mass is 238 g/mol. The van der Waals surface area contributed by atoms with Gasteiger partial charge in [-0.2, -0.15) is 4.99 Å². The lowest BCUT2D eigenvalue weighted by molar-refractivity contribution is -0.116. The average Bonchev–Trinajstić information content (AvgIpc) is 2.65. The lowest BCUT2D eigenvalue weighted by Gasteiger charge is -1.96. The van der Waals surface area contributed by atoms with E-state index in [9.17, 15) is 14.0 Å². The van der Waals surface area contributed by atoms with Crippen molar-refractivity contribution in [3.8, 4) is 0 Å². The van der Waals surface area contributed by atoms with Crippen LogP contribution in [0, 0.1) is 5.82 Å². The summed E-state index contributed by atoms with van der Waals surface area (Å²) in [6, 6.07) is 5.08. The molecule has 0 spiro atoms. The molecule has 0 aliphatic carbocycles. The molecule has 1 N–H and O–H groups in total. The maximum Gasteiger partial charge on any atom is 0.279 e. The smallest absolute Gasteiger partial charge is 0.279 e. The Balaban J connectivity index is 2.14. The summed E-state index contributed by atoms with van der Waals surface area (Å²) in [6.45, 7) is 0. The number of benzene rings is 1. The quantitative estimate of drug-likeness (QED) is 0.799. The predicted molar refractivity (Wildman–Crippen MR) is 58.8 cm³/mol. The molecule has 82 valence electrons. The fraction of sp³-hybridized carbons (Fsp3) is 0.100. The van der Waals surface area contributed by atoms with Crippen LogP contribution in [-0.4, -0.2) is 22.7 Å². The molecule has 6 heteroatoms. The highest BCUT2D eigenvalue weighted by Gasteiger charge is 2.18. The van der Waals surface area contributed by atoms with E-state index < -0.39 is 11.7 Å². The topological polar surface area (TPSA) is 58.5 Å². The lowest BCUT2D eigenvalue weighted by atomic mass is 10.2. The molecule has 0 atom stereocenters. The summed E-state index contributed by atoms with van der Waals surface area (Å²) < 4.78 is 12.6. The fourth-order valence-corrected chi connectivity index (χ4v) is 1.81.